The van der Waals surface area contributed by atoms with E-state index in [1.54, 1.807) is 6.92 Å². The zero-order valence-corrected chi connectivity index (χ0v) is 12.4. The van der Waals surface area contributed by atoms with Gasteiger partial charge in [0.15, 0.2) is 5.82 Å². The van der Waals surface area contributed by atoms with Crippen molar-refractivity contribution < 1.29 is 22.8 Å². The highest BCUT2D eigenvalue weighted by Crippen LogP contribution is 2.23. The maximum absolute atomic E-state index is 12.3. The average molecular weight is 314 g/mol. The molecular weight excluding hydrogens is 300 g/mol. The second-order valence-electron chi connectivity index (χ2n) is 4.44. The van der Waals surface area contributed by atoms with Crippen LogP contribution in [0.2, 0.25) is 0 Å². The lowest BCUT2D eigenvalue weighted by molar-refractivity contribution is 0.0690. The van der Waals surface area contributed by atoms with Gasteiger partial charge in [0, 0.05) is 11.3 Å². The molecule has 0 fully saturated rings. The first kappa shape index (κ1) is 15.2. The first-order valence-electron chi connectivity index (χ1n) is 5.93. The SMILES string of the molecule is Cc1noc(CNS(=O)(=O)c2c(C)[nH]c(C(=O)O)c2C)n1. The molecule has 2 rings (SSSR count). The topological polar surface area (TPSA) is 138 Å². The Labute approximate surface area is 120 Å². The van der Waals surface area contributed by atoms with Crippen molar-refractivity contribution in [3.8, 4) is 0 Å². The number of aromatic amines is 1. The van der Waals surface area contributed by atoms with E-state index in [1.807, 2.05) is 0 Å². The molecule has 21 heavy (non-hydrogen) atoms. The molecule has 0 aromatic carbocycles. The highest BCUT2D eigenvalue weighted by molar-refractivity contribution is 7.89. The number of hydrogen-bond donors (Lipinski definition) is 3. The Kier molecular flexibility index (Phi) is 3.83. The molecule has 2 aromatic rings. The van der Waals surface area contributed by atoms with Crippen LogP contribution in [0.25, 0.3) is 0 Å². The molecule has 2 heterocycles. The van der Waals surface area contributed by atoms with Crippen LogP contribution in [0.15, 0.2) is 9.42 Å². The minimum atomic E-state index is -3.90. The minimum absolute atomic E-state index is 0.0869. The van der Waals surface area contributed by atoms with Crippen molar-refractivity contribution in [1.82, 2.24) is 19.8 Å². The molecule has 9 nitrogen and oxygen atoms in total. The van der Waals surface area contributed by atoms with Gasteiger partial charge in [0.25, 0.3) is 0 Å². The lowest BCUT2D eigenvalue weighted by Gasteiger charge is -2.05. The first-order chi connectivity index (χ1) is 9.72. The molecule has 2 aromatic heterocycles. The predicted octanol–water partition coefficient (Wildman–Crippen LogP) is 0.500. The van der Waals surface area contributed by atoms with Gasteiger partial charge in [0.05, 0.1) is 6.54 Å². The van der Waals surface area contributed by atoms with E-state index in [9.17, 15) is 13.2 Å². The number of carboxylic acids is 1. The third kappa shape index (κ3) is 2.95. The Morgan fingerprint density at radius 2 is 2.05 bits per heavy atom. The highest BCUT2D eigenvalue weighted by Gasteiger charge is 2.26. The van der Waals surface area contributed by atoms with Crippen molar-refractivity contribution in [2.75, 3.05) is 0 Å². The number of H-pyrrole nitrogens is 1. The maximum Gasteiger partial charge on any atom is 0.352 e. The van der Waals surface area contributed by atoms with Crippen LogP contribution in [0.4, 0.5) is 0 Å². The lowest BCUT2D eigenvalue weighted by Crippen LogP contribution is -2.24. The molecular formula is C11H14N4O5S. The van der Waals surface area contributed by atoms with E-state index in [0.717, 1.165) is 0 Å². The molecule has 3 N–H and O–H groups in total. The first-order valence-corrected chi connectivity index (χ1v) is 7.42. The van der Waals surface area contributed by atoms with Gasteiger partial charge in [0.1, 0.15) is 10.6 Å². The van der Waals surface area contributed by atoms with Gasteiger partial charge in [0.2, 0.25) is 15.9 Å². The smallest absolute Gasteiger partial charge is 0.352 e. The van der Waals surface area contributed by atoms with Crippen LogP contribution in [0.5, 0.6) is 0 Å². The van der Waals surface area contributed by atoms with Crippen LogP contribution in [0.3, 0.4) is 0 Å². The van der Waals surface area contributed by atoms with Gasteiger partial charge in [-0.15, -0.1) is 0 Å². The fourth-order valence-corrected chi connectivity index (χ4v) is 3.41. The summed E-state index contributed by atoms with van der Waals surface area (Å²) in [5, 5.41) is 12.5. The second-order valence-corrected chi connectivity index (χ2v) is 6.15. The summed E-state index contributed by atoms with van der Waals surface area (Å²) in [4.78, 5) is 17.4. The number of hydrogen-bond acceptors (Lipinski definition) is 6. The van der Waals surface area contributed by atoms with Crippen molar-refractivity contribution in [2.24, 2.45) is 0 Å². The number of carboxylic acid groups (broad SMARTS) is 1. The Morgan fingerprint density at radius 1 is 1.38 bits per heavy atom. The van der Waals surface area contributed by atoms with E-state index < -0.39 is 16.0 Å². The summed E-state index contributed by atoms with van der Waals surface area (Å²) in [5.74, 6) is -0.698. The van der Waals surface area contributed by atoms with Crippen LogP contribution in [-0.4, -0.2) is 34.6 Å². The molecule has 0 saturated carbocycles. The Balaban J connectivity index is 2.29. The Bertz CT molecular complexity index is 790. The minimum Gasteiger partial charge on any atom is -0.477 e. The summed E-state index contributed by atoms with van der Waals surface area (Å²) in [6.07, 6.45) is 0. The summed E-state index contributed by atoms with van der Waals surface area (Å²) in [6.45, 7) is 4.36. The zero-order chi connectivity index (χ0) is 15.8. The summed E-state index contributed by atoms with van der Waals surface area (Å²) in [6, 6.07) is 0. The molecule has 0 amide bonds. The van der Waals surface area contributed by atoms with Crippen molar-refractivity contribution in [3.63, 3.8) is 0 Å². The van der Waals surface area contributed by atoms with Crippen LogP contribution in [0.1, 0.15) is 33.5 Å². The van der Waals surface area contributed by atoms with Gasteiger partial charge >= 0.3 is 5.97 Å². The van der Waals surface area contributed by atoms with Gasteiger partial charge in [-0.3, -0.25) is 0 Å². The van der Waals surface area contributed by atoms with Gasteiger partial charge < -0.3 is 14.6 Å². The lowest BCUT2D eigenvalue weighted by atomic mass is 10.2. The summed E-state index contributed by atoms with van der Waals surface area (Å²) >= 11 is 0. The van der Waals surface area contributed by atoms with Gasteiger partial charge in [-0.2, -0.15) is 4.98 Å². The molecule has 10 heteroatoms. The van der Waals surface area contributed by atoms with Crippen molar-refractivity contribution in [3.05, 3.63) is 28.7 Å². The molecule has 0 saturated heterocycles. The third-order valence-corrected chi connectivity index (χ3v) is 4.51. The number of aromatic carboxylic acids is 1. The van der Waals surface area contributed by atoms with Crippen LogP contribution >= 0.6 is 0 Å². The molecule has 0 atom stereocenters. The molecule has 0 aliphatic carbocycles. The second kappa shape index (κ2) is 5.30. The van der Waals surface area contributed by atoms with E-state index in [1.165, 1.54) is 13.8 Å². The Morgan fingerprint density at radius 3 is 2.52 bits per heavy atom. The Hall–Kier alpha value is -2.20. The molecule has 0 unspecified atom stereocenters. The van der Waals surface area contributed by atoms with Crippen molar-refractivity contribution >= 4 is 16.0 Å². The largest absolute Gasteiger partial charge is 0.477 e. The molecule has 0 radical (unpaired) electrons. The fraction of sp³-hybridized carbons (Fsp3) is 0.364. The van der Waals surface area contributed by atoms with E-state index in [2.05, 4.69) is 19.8 Å². The van der Waals surface area contributed by atoms with Crippen LogP contribution in [0, 0.1) is 20.8 Å². The van der Waals surface area contributed by atoms with Gasteiger partial charge in [-0.1, -0.05) is 5.16 Å². The molecule has 0 spiro atoms. The van der Waals surface area contributed by atoms with Crippen LogP contribution in [-0.2, 0) is 16.6 Å². The zero-order valence-electron chi connectivity index (χ0n) is 11.6. The third-order valence-electron chi connectivity index (χ3n) is 2.83. The number of rotatable bonds is 5. The molecule has 0 aliphatic rings. The van der Waals surface area contributed by atoms with E-state index in [4.69, 9.17) is 9.63 Å². The number of nitrogens with zero attached hydrogens (tertiary/aromatic N) is 2. The standard InChI is InChI=1S/C11H14N4O5S/c1-5-9(11(16)17)13-6(2)10(5)21(18,19)12-4-8-14-7(3)15-20-8/h12-13H,4H2,1-3H3,(H,16,17). The summed E-state index contributed by atoms with van der Waals surface area (Å²) in [7, 11) is -3.90. The maximum atomic E-state index is 12.3. The van der Waals surface area contributed by atoms with E-state index in [-0.39, 0.29) is 34.3 Å². The highest BCUT2D eigenvalue weighted by atomic mass is 32.2. The van der Waals surface area contributed by atoms with Gasteiger partial charge in [-0.05, 0) is 20.8 Å². The summed E-state index contributed by atoms with van der Waals surface area (Å²) in [5.41, 5.74) is 0.245. The normalized spacial score (nSPS) is 11.8. The van der Waals surface area contributed by atoms with E-state index >= 15 is 0 Å². The number of carbonyl (C=O) groups is 1. The number of nitrogens with one attached hydrogen (secondary N) is 2. The average Bonchev–Trinajstić information content (AvgIpc) is 2.91. The summed E-state index contributed by atoms with van der Waals surface area (Å²) < 4.78 is 31.7. The predicted molar refractivity (Wildman–Crippen MR) is 70.3 cm³/mol. The fourth-order valence-electron chi connectivity index (χ4n) is 1.99. The number of sulfonamides is 1. The van der Waals surface area contributed by atoms with E-state index in [0.29, 0.717) is 5.82 Å². The van der Waals surface area contributed by atoms with Crippen LogP contribution < -0.4 is 4.72 Å². The number of aryl methyl sites for hydroxylation is 2. The molecule has 0 bridgehead atoms. The van der Waals surface area contributed by atoms with Crippen molar-refractivity contribution in [2.45, 2.75) is 32.2 Å². The quantitative estimate of drug-likeness (QED) is 0.730. The number of aromatic nitrogens is 3. The van der Waals surface area contributed by atoms with Crippen molar-refractivity contribution in [1.29, 1.82) is 0 Å². The monoisotopic (exact) mass is 314 g/mol. The molecule has 0 aliphatic heterocycles. The molecule has 114 valence electrons. The van der Waals surface area contributed by atoms with Gasteiger partial charge in [-0.25, -0.2) is 17.9 Å².